The van der Waals surface area contributed by atoms with Crippen molar-refractivity contribution in [1.29, 1.82) is 0 Å². The summed E-state index contributed by atoms with van der Waals surface area (Å²) in [6.07, 6.45) is 0.345. The highest BCUT2D eigenvalue weighted by molar-refractivity contribution is 7.90. The lowest BCUT2D eigenvalue weighted by Gasteiger charge is -2.35. The van der Waals surface area contributed by atoms with Crippen LogP contribution in [0.1, 0.15) is 37.5 Å². The Morgan fingerprint density at radius 1 is 1.25 bits per heavy atom. The summed E-state index contributed by atoms with van der Waals surface area (Å²) in [5.74, 6) is -0.405. The standard InChI is InChI=1S/C23H26FN3O4S/c1-3-15(2)21(25-22-18-6-4-5-7-20(18)32(29,30)26-22)23(28)27-12-13-31-19(14-27)16-8-10-17(24)11-9-16/h4-11,15,19,21H,3,12-14H2,1-2H3,(H,25,26)/t15-,19?,21-/m0/s1. The molecule has 0 spiro atoms. The highest BCUT2D eigenvalue weighted by Gasteiger charge is 2.36. The molecule has 1 unspecified atom stereocenters. The first kappa shape index (κ1) is 22.4. The van der Waals surface area contributed by atoms with Crippen LogP contribution in [0.15, 0.2) is 58.4 Å². The SMILES string of the molecule is CC[C@H](C)[C@H](N=C1NS(=O)(=O)c2ccccc21)C(=O)N1CCOC(c2ccc(F)cc2)C1. The molecule has 1 saturated heterocycles. The molecule has 2 aliphatic heterocycles. The third kappa shape index (κ3) is 4.40. The molecule has 0 aliphatic carbocycles. The smallest absolute Gasteiger partial charge is 0.263 e. The van der Waals surface area contributed by atoms with Gasteiger partial charge < -0.3 is 9.64 Å². The minimum absolute atomic E-state index is 0.0978. The van der Waals surface area contributed by atoms with Crippen LogP contribution in [0.5, 0.6) is 0 Å². The maximum Gasteiger partial charge on any atom is 0.263 e. The zero-order valence-electron chi connectivity index (χ0n) is 18.0. The number of amides is 1. The van der Waals surface area contributed by atoms with Crippen LogP contribution in [-0.4, -0.2) is 50.8 Å². The Morgan fingerprint density at radius 3 is 2.69 bits per heavy atom. The molecule has 0 aromatic heterocycles. The molecule has 2 aliphatic rings. The van der Waals surface area contributed by atoms with Gasteiger partial charge in [-0.1, -0.05) is 44.5 Å². The van der Waals surface area contributed by atoms with Gasteiger partial charge in [0.05, 0.1) is 18.0 Å². The second-order valence-electron chi connectivity index (χ2n) is 8.10. The van der Waals surface area contributed by atoms with E-state index in [2.05, 4.69) is 9.71 Å². The number of sulfonamides is 1. The zero-order chi connectivity index (χ0) is 22.9. The largest absolute Gasteiger partial charge is 0.370 e. The van der Waals surface area contributed by atoms with Crippen LogP contribution in [0.3, 0.4) is 0 Å². The molecule has 7 nitrogen and oxygen atoms in total. The van der Waals surface area contributed by atoms with Crippen LogP contribution < -0.4 is 4.72 Å². The molecule has 32 heavy (non-hydrogen) atoms. The third-order valence-corrected chi connectivity index (χ3v) is 7.38. The highest BCUT2D eigenvalue weighted by atomic mass is 32.2. The Morgan fingerprint density at radius 2 is 1.97 bits per heavy atom. The van der Waals surface area contributed by atoms with E-state index in [1.165, 1.54) is 18.2 Å². The normalized spacial score (nSPS) is 22.8. The quantitative estimate of drug-likeness (QED) is 0.745. The Kier molecular flexibility index (Phi) is 6.30. The summed E-state index contributed by atoms with van der Waals surface area (Å²) in [5, 5.41) is 0. The number of hydrogen-bond acceptors (Lipinski definition) is 5. The number of benzene rings is 2. The van der Waals surface area contributed by atoms with Crippen molar-refractivity contribution in [3.05, 3.63) is 65.5 Å². The minimum atomic E-state index is -3.69. The number of aliphatic imine (C=N–C) groups is 1. The molecule has 1 fully saturated rings. The lowest BCUT2D eigenvalue weighted by molar-refractivity contribution is -0.141. The van der Waals surface area contributed by atoms with Gasteiger partial charge in [-0.05, 0) is 35.7 Å². The number of morpholine rings is 1. The van der Waals surface area contributed by atoms with Gasteiger partial charge in [0.15, 0.2) is 0 Å². The number of hydrogen-bond donors (Lipinski definition) is 1. The van der Waals surface area contributed by atoms with E-state index in [-0.39, 0.29) is 34.5 Å². The summed E-state index contributed by atoms with van der Waals surface area (Å²) >= 11 is 0. The van der Waals surface area contributed by atoms with Gasteiger partial charge in [0.25, 0.3) is 10.0 Å². The number of nitrogens with zero attached hydrogens (tertiary/aromatic N) is 2. The predicted molar refractivity (Wildman–Crippen MR) is 118 cm³/mol. The van der Waals surface area contributed by atoms with E-state index in [4.69, 9.17) is 4.74 Å². The molecule has 2 aromatic carbocycles. The summed E-state index contributed by atoms with van der Waals surface area (Å²) in [4.78, 5) is 20.0. The van der Waals surface area contributed by atoms with Gasteiger partial charge in [-0.3, -0.25) is 14.5 Å². The van der Waals surface area contributed by atoms with Crippen molar-refractivity contribution in [2.45, 2.75) is 37.3 Å². The highest BCUT2D eigenvalue weighted by Crippen LogP contribution is 2.27. The third-order valence-electron chi connectivity index (χ3n) is 5.99. The van der Waals surface area contributed by atoms with Gasteiger partial charge in [0, 0.05) is 12.1 Å². The van der Waals surface area contributed by atoms with E-state index in [9.17, 15) is 17.6 Å². The number of carbonyl (C=O) groups excluding carboxylic acids is 1. The molecule has 3 atom stereocenters. The van der Waals surface area contributed by atoms with Crippen molar-refractivity contribution < 1.29 is 22.3 Å². The summed E-state index contributed by atoms with van der Waals surface area (Å²) in [6.45, 7) is 4.99. The van der Waals surface area contributed by atoms with Crippen LogP contribution in [0, 0.1) is 11.7 Å². The Balaban J connectivity index is 1.61. The molecule has 0 saturated carbocycles. The van der Waals surface area contributed by atoms with Crippen LogP contribution in [0.25, 0.3) is 0 Å². The number of rotatable bonds is 5. The number of amidine groups is 1. The predicted octanol–water partition coefficient (Wildman–Crippen LogP) is 2.88. The first-order valence-electron chi connectivity index (χ1n) is 10.7. The maximum absolute atomic E-state index is 13.5. The first-order chi connectivity index (χ1) is 15.3. The van der Waals surface area contributed by atoms with Gasteiger partial charge in [0.2, 0.25) is 5.91 Å². The Labute approximate surface area is 187 Å². The van der Waals surface area contributed by atoms with Crippen molar-refractivity contribution in [2.75, 3.05) is 19.7 Å². The molecular formula is C23H26FN3O4S. The average Bonchev–Trinajstić information content (AvgIpc) is 3.07. The van der Waals surface area contributed by atoms with Crippen molar-refractivity contribution in [3.8, 4) is 0 Å². The average molecular weight is 460 g/mol. The van der Waals surface area contributed by atoms with Gasteiger partial charge in [0.1, 0.15) is 23.8 Å². The Hall–Kier alpha value is -2.78. The molecule has 9 heteroatoms. The van der Waals surface area contributed by atoms with E-state index in [0.717, 1.165) is 5.56 Å². The van der Waals surface area contributed by atoms with E-state index in [0.29, 0.717) is 31.7 Å². The number of carbonyl (C=O) groups is 1. The van der Waals surface area contributed by atoms with Crippen molar-refractivity contribution in [2.24, 2.45) is 10.9 Å². The number of ether oxygens (including phenoxy) is 1. The van der Waals surface area contributed by atoms with Crippen molar-refractivity contribution in [1.82, 2.24) is 9.62 Å². The van der Waals surface area contributed by atoms with Crippen LogP contribution >= 0.6 is 0 Å². The van der Waals surface area contributed by atoms with Gasteiger partial charge in [-0.15, -0.1) is 0 Å². The molecule has 1 N–H and O–H groups in total. The fourth-order valence-corrected chi connectivity index (χ4v) is 5.17. The molecule has 2 aromatic rings. The van der Waals surface area contributed by atoms with Crippen molar-refractivity contribution >= 4 is 21.8 Å². The topological polar surface area (TPSA) is 88.1 Å². The summed E-state index contributed by atoms with van der Waals surface area (Å²) < 4.78 is 46.5. The summed E-state index contributed by atoms with van der Waals surface area (Å²) in [7, 11) is -3.69. The maximum atomic E-state index is 13.5. The summed E-state index contributed by atoms with van der Waals surface area (Å²) in [6, 6.07) is 11.9. The lowest BCUT2D eigenvalue weighted by Crippen LogP contribution is -2.48. The van der Waals surface area contributed by atoms with Crippen LogP contribution in [-0.2, 0) is 19.6 Å². The fourth-order valence-electron chi connectivity index (χ4n) is 3.93. The van der Waals surface area contributed by atoms with Crippen LogP contribution in [0.2, 0.25) is 0 Å². The molecular weight excluding hydrogens is 433 g/mol. The van der Waals surface area contributed by atoms with E-state index >= 15 is 0 Å². The molecule has 0 radical (unpaired) electrons. The molecule has 0 bridgehead atoms. The second kappa shape index (κ2) is 8.99. The van der Waals surface area contributed by atoms with E-state index in [1.807, 2.05) is 13.8 Å². The lowest BCUT2D eigenvalue weighted by atomic mass is 9.97. The van der Waals surface area contributed by atoms with Gasteiger partial charge in [-0.2, -0.15) is 0 Å². The van der Waals surface area contributed by atoms with E-state index < -0.39 is 16.1 Å². The monoisotopic (exact) mass is 459 g/mol. The van der Waals surface area contributed by atoms with Gasteiger partial charge in [-0.25, -0.2) is 12.8 Å². The number of nitrogens with one attached hydrogen (secondary N) is 1. The molecule has 4 rings (SSSR count). The van der Waals surface area contributed by atoms with Crippen molar-refractivity contribution in [3.63, 3.8) is 0 Å². The minimum Gasteiger partial charge on any atom is -0.370 e. The van der Waals surface area contributed by atoms with Gasteiger partial charge >= 0.3 is 0 Å². The molecule has 170 valence electrons. The first-order valence-corrected chi connectivity index (χ1v) is 12.1. The van der Waals surface area contributed by atoms with E-state index in [1.54, 1.807) is 35.2 Å². The van der Waals surface area contributed by atoms with Crippen LogP contribution in [0.4, 0.5) is 4.39 Å². The number of fused-ring (bicyclic) bond motifs is 1. The molecule has 2 heterocycles. The number of halogens is 1. The Bertz CT molecular complexity index is 1130. The second-order valence-corrected chi connectivity index (χ2v) is 9.76. The fraction of sp³-hybridized carbons (Fsp3) is 0.391. The summed E-state index contributed by atoms with van der Waals surface area (Å²) in [5.41, 5.74) is 1.27. The molecule has 1 amide bonds. The zero-order valence-corrected chi connectivity index (χ0v) is 18.8.